The first kappa shape index (κ1) is 25.1. The third kappa shape index (κ3) is 4.77. The largest absolute Gasteiger partial charge is 0.477 e. The van der Waals surface area contributed by atoms with Crippen molar-refractivity contribution in [2.75, 3.05) is 24.5 Å². The second kappa shape index (κ2) is 9.72. The molecule has 196 valence electrons. The highest BCUT2D eigenvalue weighted by atomic mass is 35.5. The standard InChI is InChI=1S/C23H24ClFN6O6/c24-19-20-15(22(33)16(23(34)35)10-30(20)13-1-2-13)5-17(25)21(19)28-4-3-12(8-28)27-6-14(32)9-29-11-26-7-18(29)31(36)37/h5,7,10-14,27,32H,1-4,6,8-9H2,(H,34,35). The molecular weight excluding hydrogens is 511 g/mol. The van der Waals surface area contributed by atoms with E-state index in [1.807, 2.05) is 0 Å². The van der Waals surface area contributed by atoms with Crippen LogP contribution in [-0.2, 0) is 6.54 Å². The minimum atomic E-state index is -1.37. The Morgan fingerprint density at radius 3 is 2.81 bits per heavy atom. The topological polar surface area (TPSA) is 156 Å². The van der Waals surface area contributed by atoms with E-state index in [1.165, 1.54) is 17.1 Å². The average Bonchev–Trinajstić information content (AvgIpc) is 3.39. The number of halogens is 2. The van der Waals surface area contributed by atoms with Crippen LogP contribution in [0.1, 0.15) is 35.7 Å². The van der Waals surface area contributed by atoms with Crippen LogP contribution in [0.3, 0.4) is 0 Å². The van der Waals surface area contributed by atoms with E-state index in [0.29, 0.717) is 25.0 Å². The molecule has 2 fully saturated rings. The van der Waals surface area contributed by atoms with Crippen molar-refractivity contribution in [3.8, 4) is 0 Å². The zero-order chi connectivity index (χ0) is 26.4. The van der Waals surface area contributed by atoms with Crippen molar-refractivity contribution >= 4 is 40.0 Å². The van der Waals surface area contributed by atoms with E-state index in [9.17, 15) is 29.9 Å². The quantitative estimate of drug-likeness (QED) is 0.276. The van der Waals surface area contributed by atoms with Crippen molar-refractivity contribution in [1.29, 1.82) is 0 Å². The molecule has 2 atom stereocenters. The van der Waals surface area contributed by atoms with Crippen LogP contribution in [0.5, 0.6) is 0 Å². The summed E-state index contributed by atoms with van der Waals surface area (Å²) in [7, 11) is 0. The molecule has 2 unspecified atom stereocenters. The monoisotopic (exact) mass is 534 g/mol. The van der Waals surface area contributed by atoms with E-state index < -0.39 is 33.8 Å². The predicted octanol–water partition coefficient (Wildman–Crippen LogP) is 2.16. The van der Waals surface area contributed by atoms with E-state index in [-0.39, 0.29) is 47.1 Å². The number of aromatic carboxylic acids is 1. The molecule has 1 saturated carbocycles. The zero-order valence-electron chi connectivity index (χ0n) is 19.5. The number of benzene rings is 1. The second-order valence-corrected chi connectivity index (χ2v) is 9.77. The fraction of sp³-hybridized carbons (Fsp3) is 0.435. The number of imidazole rings is 1. The molecule has 3 aromatic rings. The number of nitrogens with one attached hydrogen (secondary N) is 1. The molecule has 1 aliphatic heterocycles. The number of carboxylic acids is 1. The van der Waals surface area contributed by atoms with Crippen molar-refractivity contribution in [2.24, 2.45) is 0 Å². The molecule has 0 radical (unpaired) electrons. The molecule has 0 bridgehead atoms. The molecule has 0 amide bonds. The minimum absolute atomic E-state index is 0.00202. The van der Waals surface area contributed by atoms with E-state index >= 15 is 4.39 Å². The van der Waals surface area contributed by atoms with Crippen LogP contribution < -0.4 is 15.6 Å². The van der Waals surface area contributed by atoms with Gasteiger partial charge in [0.25, 0.3) is 0 Å². The summed E-state index contributed by atoms with van der Waals surface area (Å²) in [6.45, 7) is 0.980. The molecule has 1 aromatic carbocycles. The number of pyridine rings is 1. The summed E-state index contributed by atoms with van der Waals surface area (Å²) in [6.07, 6.45) is 5.00. The van der Waals surface area contributed by atoms with Gasteiger partial charge >= 0.3 is 11.8 Å². The summed E-state index contributed by atoms with van der Waals surface area (Å²) in [4.78, 5) is 40.3. The molecule has 1 saturated heterocycles. The molecule has 3 N–H and O–H groups in total. The van der Waals surface area contributed by atoms with Crippen LogP contribution in [0.4, 0.5) is 15.9 Å². The lowest BCUT2D eigenvalue weighted by molar-refractivity contribution is -0.392. The van der Waals surface area contributed by atoms with Crippen LogP contribution in [0.15, 0.2) is 29.6 Å². The molecule has 1 aliphatic carbocycles. The number of rotatable bonds is 9. The number of carboxylic acid groups (broad SMARTS) is 1. The van der Waals surface area contributed by atoms with Crippen molar-refractivity contribution in [3.63, 3.8) is 0 Å². The second-order valence-electron chi connectivity index (χ2n) is 9.39. The average molecular weight is 535 g/mol. The Balaban J connectivity index is 1.34. The summed E-state index contributed by atoms with van der Waals surface area (Å²) in [5, 5.41) is 34.0. The van der Waals surface area contributed by atoms with E-state index in [4.69, 9.17) is 11.6 Å². The Morgan fingerprint density at radius 2 is 2.14 bits per heavy atom. The van der Waals surface area contributed by atoms with Gasteiger partial charge in [-0.1, -0.05) is 11.6 Å². The van der Waals surface area contributed by atoms with E-state index in [1.54, 1.807) is 9.47 Å². The Hall–Kier alpha value is -3.55. The number of nitrogens with zero attached hydrogens (tertiary/aromatic N) is 5. The Labute approximate surface area is 214 Å². The normalized spacial score (nSPS) is 18.5. The number of anilines is 1. The minimum Gasteiger partial charge on any atom is -0.477 e. The number of carbonyl (C=O) groups is 1. The number of aliphatic hydroxyl groups is 1. The Bertz CT molecular complexity index is 1450. The summed E-state index contributed by atoms with van der Waals surface area (Å²) in [5.41, 5.74) is -0.735. The van der Waals surface area contributed by atoms with Crippen LogP contribution in [0.25, 0.3) is 10.9 Å². The van der Waals surface area contributed by atoms with E-state index in [0.717, 1.165) is 25.1 Å². The molecule has 37 heavy (non-hydrogen) atoms. The molecule has 2 aromatic heterocycles. The van der Waals surface area contributed by atoms with Gasteiger partial charge < -0.3 is 35.1 Å². The molecule has 0 spiro atoms. The van der Waals surface area contributed by atoms with Gasteiger partial charge in [0, 0.05) is 37.9 Å². The van der Waals surface area contributed by atoms with Gasteiger partial charge in [0.05, 0.1) is 21.6 Å². The number of aromatic nitrogens is 3. The highest BCUT2D eigenvalue weighted by molar-refractivity contribution is 6.38. The van der Waals surface area contributed by atoms with Crippen LogP contribution >= 0.6 is 11.6 Å². The molecule has 12 nitrogen and oxygen atoms in total. The molecule has 3 heterocycles. The van der Waals surface area contributed by atoms with Gasteiger partial charge in [0.1, 0.15) is 30.2 Å². The Morgan fingerprint density at radius 1 is 1.38 bits per heavy atom. The number of fused-ring (bicyclic) bond motifs is 1. The van der Waals surface area contributed by atoms with Gasteiger partial charge in [-0.05, 0) is 30.3 Å². The maximum atomic E-state index is 15.3. The maximum Gasteiger partial charge on any atom is 0.342 e. The fourth-order valence-electron chi connectivity index (χ4n) is 4.85. The van der Waals surface area contributed by atoms with Crippen molar-refractivity contribution in [1.82, 2.24) is 19.4 Å². The lowest BCUT2D eigenvalue weighted by Gasteiger charge is -2.23. The van der Waals surface area contributed by atoms with Crippen LogP contribution in [0, 0.1) is 15.9 Å². The van der Waals surface area contributed by atoms with Gasteiger partial charge in [-0.2, -0.15) is 0 Å². The van der Waals surface area contributed by atoms with Gasteiger partial charge in [-0.25, -0.2) is 18.7 Å². The summed E-state index contributed by atoms with van der Waals surface area (Å²) in [5.74, 6) is -2.31. The van der Waals surface area contributed by atoms with Gasteiger partial charge in [0.2, 0.25) is 5.43 Å². The highest BCUT2D eigenvalue weighted by Gasteiger charge is 2.32. The number of aliphatic hydroxyl groups excluding tert-OH is 1. The lowest BCUT2D eigenvalue weighted by atomic mass is 10.1. The molecule has 2 aliphatic rings. The van der Waals surface area contributed by atoms with Gasteiger partial charge in [-0.15, -0.1) is 0 Å². The first-order chi connectivity index (χ1) is 17.7. The predicted molar refractivity (Wildman–Crippen MR) is 132 cm³/mol. The lowest BCUT2D eigenvalue weighted by Crippen LogP contribution is -2.39. The molecule has 5 rings (SSSR count). The van der Waals surface area contributed by atoms with Crippen molar-refractivity contribution < 1.29 is 24.3 Å². The van der Waals surface area contributed by atoms with Gasteiger partial charge in [-0.3, -0.25) is 4.79 Å². The van der Waals surface area contributed by atoms with E-state index in [2.05, 4.69) is 10.3 Å². The van der Waals surface area contributed by atoms with Crippen LogP contribution in [0.2, 0.25) is 5.02 Å². The first-order valence-electron chi connectivity index (χ1n) is 11.8. The Kier molecular flexibility index (Phi) is 6.60. The number of hydrogen-bond acceptors (Lipinski definition) is 8. The third-order valence-electron chi connectivity index (χ3n) is 6.79. The molecular formula is C23H24ClFN6O6. The zero-order valence-corrected chi connectivity index (χ0v) is 20.3. The SMILES string of the molecule is O=C(O)c1cn(C2CC2)c2c(Cl)c(N3CCC(NCC(O)Cn4cncc4[N+](=O)[O-])C3)c(F)cc2c1=O. The highest BCUT2D eigenvalue weighted by Crippen LogP contribution is 2.42. The molecule has 14 heteroatoms. The van der Waals surface area contributed by atoms with Crippen LogP contribution in [-0.4, -0.2) is 67.0 Å². The van der Waals surface area contributed by atoms with Crippen molar-refractivity contribution in [3.05, 3.63) is 61.5 Å². The number of nitro groups is 1. The number of hydrogen-bond donors (Lipinski definition) is 3. The fourth-order valence-corrected chi connectivity index (χ4v) is 5.25. The first-order valence-corrected chi connectivity index (χ1v) is 12.1. The van der Waals surface area contributed by atoms with Gasteiger partial charge in [0.15, 0.2) is 6.33 Å². The summed E-state index contributed by atoms with van der Waals surface area (Å²) in [6, 6.07) is 0.948. The van der Waals surface area contributed by atoms with Crippen molar-refractivity contribution in [2.45, 2.75) is 44.0 Å². The summed E-state index contributed by atoms with van der Waals surface area (Å²) >= 11 is 6.69. The summed E-state index contributed by atoms with van der Waals surface area (Å²) < 4.78 is 18.2. The smallest absolute Gasteiger partial charge is 0.342 e. The third-order valence-corrected chi connectivity index (χ3v) is 7.14. The maximum absolute atomic E-state index is 15.3.